The molecule has 412 valence electrons. The topological polar surface area (TPSA) is 252 Å². The Bertz CT molecular complexity index is 2210. The maximum atomic E-state index is 12.5. The van der Waals surface area contributed by atoms with Crippen molar-refractivity contribution in [1.29, 1.82) is 0 Å². The Hall–Kier alpha value is -5.30. The largest absolute Gasteiger partial charge is 0.446 e. The maximum absolute atomic E-state index is 12.5. The number of aliphatic hydroxyl groups is 1. The Balaban J connectivity index is 0.000000340. The highest BCUT2D eigenvalue weighted by Crippen LogP contribution is 2.26. The van der Waals surface area contributed by atoms with Crippen LogP contribution in [-0.4, -0.2) is 144 Å². The molecule has 21 heteroatoms. The predicted molar refractivity (Wildman–Crippen MR) is 277 cm³/mol. The third kappa shape index (κ3) is 23.6. The third-order valence-corrected chi connectivity index (χ3v) is 12.2. The van der Waals surface area contributed by atoms with E-state index in [-0.39, 0.29) is 65.3 Å². The van der Waals surface area contributed by atoms with Gasteiger partial charge in [-0.1, -0.05) is 59.2 Å². The van der Waals surface area contributed by atoms with Crippen molar-refractivity contribution in [2.75, 3.05) is 38.7 Å². The van der Waals surface area contributed by atoms with E-state index in [2.05, 4.69) is 44.9 Å². The fraction of sp³-hybridized carbons (Fsp3) is 0.712. The Morgan fingerprint density at radius 3 is 1.68 bits per heavy atom. The number of carbonyl (C=O) groups is 5. The van der Waals surface area contributed by atoms with Crippen LogP contribution >= 0.6 is 0 Å². The number of nitrogens with zero attached hydrogens (tertiary/aromatic N) is 4. The van der Waals surface area contributed by atoms with Gasteiger partial charge in [-0.15, -0.1) is 0 Å². The minimum absolute atomic E-state index is 0.0408. The van der Waals surface area contributed by atoms with Crippen molar-refractivity contribution >= 4 is 39.7 Å². The summed E-state index contributed by atoms with van der Waals surface area (Å²) < 4.78 is 44.4. The van der Waals surface area contributed by atoms with Gasteiger partial charge in [0, 0.05) is 13.1 Å². The van der Waals surface area contributed by atoms with Crippen LogP contribution in [0.1, 0.15) is 140 Å². The second kappa shape index (κ2) is 28.4. The fourth-order valence-corrected chi connectivity index (χ4v) is 8.31. The van der Waals surface area contributed by atoms with E-state index in [4.69, 9.17) is 25.2 Å². The second-order valence-corrected chi connectivity index (χ2v) is 24.8. The molecule has 20 nitrogen and oxygen atoms in total. The zero-order chi connectivity index (χ0) is 55.6. The number of ether oxygens (including phenoxy) is 3. The van der Waals surface area contributed by atoms with Crippen molar-refractivity contribution in [3.8, 4) is 0 Å². The molecule has 5 rings (SSSR count). The Kier molecular flexibility index (Phi) is 24.8. The first-order valence-electron chi connectivity index (χ1n) is 25.0. The molecule has 0 saturated carbocycles. The van der Waals surface area contributed by atoms with E-state index in [1.54, 1.807) is 59.9 Å². The second-order valence-electron chi connectivity index (χ2n) is 22.8. The minimum Gasteiger partial charge on any atom is -0.446 e. The molecule has 3 aliphatic heterocycles. The summed E-state index contributed by atoms with van der Waals surface area (Å²) in [4.78, 5) is 71.1. The lowest BCUT2D eigenvalue weighted by Gasteiger charge is -2.39. The monoisotopic (exact) mass is 1050 g/mol. The standard InChI is InChI=1S/C16H25N3O4.C14H26N2O4.C13H26N2O2.C9H9NO2S/c1-10(2)6-12-14(20)18-11(13-7-17-9-22-13)8-19(12)15(21)23-16(3,4)5;1-9(2)6-11-12(18)15-10(8-17)7-16(11)13(19)20-14(3,4)5;1-9(2)6-11-12(16)15-10(7-14-11)8-17-13(3,4)5;1-8-3-5-9(6-4-8)13(11,12)7-10-2/h7,9-12H,6,8H2,1-5H3,(H,18,20);9-11,17H,6-8H2,1-5H3,(H,15,18);9-11,14H,6-8H2,1-5H3,(H,15,16);3-6H,7H2,1H3/t11-,12+;2*10-,11+;/m111./s1. The van der Waals surface area contributed by atoms with Crippen molar-refractivity contribution in [3.63, 3.8) is 0 Å². The van der Waals surface area contributed by atoms with Gasteiger partial charge in [0.25, 0.3) is 9.84 Å². The van der Waals surface area contributed by atoms with E-state index in [0.717, 1.165) is 18.5 Å². The summed E-state index contributed by atoms with van der Waals surface area (Å²) in [5.41, 5.74) is -0.377. The van der Waals surface area contributed by atoms with E-state index < -0.39 is 63.3 Å². The number of rotatable bonds is 12. The molecule has 4 heterocycles. The lowest BCUT2D eigenvalue weighted by molar-refractivity contribution is -0.132. The molecular formula is C52H86N8O12S. The molecule has 5 amide bonds. The maximum Gasteiger partial charge on any atom is 0.411 e. The molecule has 2 aromatic rings. The van der Waals surface area contributed by atoms with Crippen molar-refractivity contribution in [2.45, 2.75) is 188 Å². The molecular weight excluding hydrogens is 961 g/mol. The smallest absolute Gasteiger partial charge is 0.411 e. The van der Waals surface area contributed by atoms with Crippen LogP contribution in [0, 0.1) is 31.2 Å². The quantitative estimate of drug-likeness (QED) is 0.141. The summed E-state index contributed by atoms with van der Waals surface area (Å²) in [6, 6.07) is 4.61. The van der Waals surface area contributed by atoms with Crippen LogP contribution in [0.5, 0.6) is 0 Å². The molecule has 6 atom stereocenters. The van der Waals surface area contributed by atoms with Crippen LogP contribution in [0.2, 0.25) is 0 Å². The van der Waals surface area contributed by atoms with Crippen molar-refractivity contribution in [1.82, 2.24) is 36.1 Å². The summed E-state index contributed by atoms with van der Waals surface area (Å²) in [5, 5.41) is 21.2. The van der Waals surface area contributed by atoms with Gasteiger partial charge in [0.15, 0.2) is 6.39 Å². The van der Waals surface area contributed by atoms with Gasteiger partial charge in [-0.2, -0.15) is 0 Å². The lowest BCUT2D eigenvalue weighted by atomic mass is 9.98. The first-order valence-corrected chi connectivity index (χ1v) is 26.7. The molecule has 1 aromatic carbocycles. The molecule has 0 spiro atoms. The van der Waals surface area contributed by atoms with E-state index in [9.17, 15) is 37.5 Å². The summed E-state index contributed by atoms with van der Waals surface area (Å²) in [6.07, 6.45) is 3.90. The highest BCUT2D eigenvalue weighted by Gasteiger charge is 2.42. The third-order valence-electron chi connectivity index (χ3n) is 10.8. The molecule has 0 radical (unpaired) electrons. The van der Waals surface area contributed by atoms with Crippen molar-refractivity contribution in [2.24, 2.45) is 17.8 Å². The molecule has 0 aliphatic carbocycles. The number of piperazine rings is 3. The number of sulfone groups is 1. The van der Waals surface area contributed by atoms with Gasteiger partial charge < -0.3 is 45.0 Å². The first kappa shape index (κ1) is 63.8. The van der Waals surface area contributed by atoms with Crippen molar-refractivity contribution < 1.29 is 56.1 Å². The predicted octanol–water partition coefficient (Wildman–Crippen LogP) is 6.58. The number of aliphatic hydroxyl groups excluding tert-OH is 1. The molecule has 0 unspecified atom stereocenters. The Morgan fingerprint density at radius 1 is 0.767 bits per heavy atom. The molecule has 1 aromatic heterocycles. The minimum atomic E-state index is -3.38. The van der Waals surface area contributed by atoms with Crippen LogP contribution in [0.4, 0.5) is 9.59 Å². The number of nitrogens with one attached hydrogen (secondary N) is 4. The number of aryl methyl sites for hydroxylation is 1. The van der Waals surface area contributed by atoms with E-state index >= 15 is 0 Å². The average molecular weight is 1050 g/mol. The number of hydrogen-bond donors (Lipinski definition) is 5. The van der Waals surface area contributed by atoms with Crippen LogP contribution in [0.25, 0.3) is 4.85 Å². The normalized spacial score (nSPS) is 21.5. The zero-order valence-corrected chi connectivity index (χ0v) is 47.0. The fourth-order valence-electron chi connectivity index (χ4n) is 7.44. The molecule has 0 bridgehead atoms. The van der Waals surface area contributed by atoms with Gasteiger partial charge in [0.2, 0.25) is 17.7 Å². The van der Waals surface area contributed by atoms with Crippen molar-refractivity contribution in [3.05, 3.63) is 59.6 Å². The van der Waals surface area contributed by atoms with Crippen LogP contribution in [-0.2, 0) is 38.4 Å². The van der Waals surface area contributed by atoms with E-state index in [0.29, 0.717) is 37.7 Å². The SMILES string of the molecule is CC(C)C[C@@H]1NC[C@H](COC(C)(C)C)NC1=O.CC(C)C[C@H]1C(=O)N[C@@H](CO)CN1C(=O)OC(C)(C)C.CC(C)C[C@H]1C(=O)N[C@@H](c2cnco2)CN1C(=O)OC(C)(C)C.[C-]#[N+]CS(=O)(=O)c1ccc(C)cc1. The summed E-state index contributed by atoms with van der Waals surface area (Å²) in [7, 11) is -3.38. The van der Waals surface area contributed by atoms with Gasteiger partial charge >= 0.3 is 18.1 Å². The van der Waals surface area contributed by atoms with Crippen LogP contribution in [0.3, 0.4) is 0 Å². The summed E-state index contributed by atoms with van der Waals surface area (Å²) in [5.74, 6) is 0.810. The Labute approximate surface area is 434 Å². The number of benzene rings is 1. The average Bonchev–Trinajstić information content (AvgIpc) is 3.80. The van der Waals surface area contributed by atoms with Gasteiger partial charge in [-0.25, -0.2) is 29.6 Å². The van der Waals surface area contributed by atoms with E-state index in [1.807, 2.05) is 55.4 Å². The van der Waals surface area contributed by atoms with Gasteiger partial charge in [-0.3, -0.25) is 29.0 Å². The molecule has 3 aliphatic rings. The molecule has 5 N–H and O–H groups in total. The number of oxazole rings is 1. The van der Waals surface area contributed by atoms with Crippen LogP contribution in [0.15, 0.2) is 46.2 Å². The van der Waals surface area contributed by atoms with Gasteiger partial charge in [-0.05, 0) is 118 Å². The highest BCUT2D eigenvalue weighted by molar-refractivity contribution is 7.91. The molecule has 3 fully saturated rings. The molecule has 3 saturated heterocycles. The summed E-state index contributed by atoms with van der Waals surface area (Å²) >= 11 is 0. The highest BCUT2D eigenvalue weighted by atomic mass is 32.2. The number of aromatic nitrogens is 1. The van der Waals surface area contributed by atoms with Gasteiger partial charge in [0.05, 0.1) is 54.6 Å². The Morgan fingerprint density at radius 2 is 1.26 bits per heavy atom. The van der Waals surface area contributed by atoms with Gasteiger partial charge in [0.1, 0.15) is 35.1 Å². The number of carbonyl (C=O) groups excluding carboxylic acids is 5. The van der Waals surface area contributed by atoms with E-state index in [1.165, 1.54) is 28.3 Å². The van der Waals surface area contributed by atoms with Crippen LogP contribution < -0.4 is 21.3 Å². The number of amides is 5. The molecule has 73 heavy (non-hydrogen) atoms. The first-order chi connectivity index (χ1) is 33.6. The number of hydrogen-bond acceptors (Lipinski definition) is 14. The summed E-state index contributed by atoms with van der Waals surface area (Å²) in [6.45, 7) is 39.2. The zero-order valence-electron chi connectivity index (χ0n) is 46.2. The lowest BCUT2D eigenvalue weighted by Crippen LogP contribution is -2.63.